The third kappa shape index (κ3) is 2.48. The molecule has 0 fully saturated rings. The zero-order valence-corrected chi connectivity index (χ0v) is 14.3. The van der Waals surface area contributed by atoms with Crippen LogP contribution in [0, 0.1) is 13.8 Å². The van der Waals surface area contributed by atoms with Gasteiger partial charge in [-0.2, -0.15) is 4.98 Å². The van der Waals surface area contributed by atoms with Crippen molar-refractivity contribution in [3.8, 4) is 5.75 Å². The van der Waals surface area contributed by atoms with Gasteiger partial charge < -0.3 is 10.5 Å². The van der Waals surface area contributed by atoms with Gasteiger partial charge in [-0.05, 0) is 13.8 Å². The van der Waals surface area contributed by atoms with Gasteiger partial charge in [-0.3, -0.25) is 14.9 Å². The van der Waals surface area contributed by atoms with E-state index in [1.165, 1.54) is 11.1 Å². The largest absolute Gasteiger partial charge is 0.496 e. The van der Waals surface area contributed by atoms with Crippen molar-refractivity contribution in [2.24, 2.45) is 0 Å². The number of ether oxygens (including phenoxy) is 1. The number of methoxy groups -OCH3 is 1. The first kappa shape index (κ1) is 16.3. The van der Waals surface area contributed by atoms with Crippen molar-refractivity contribution in [1.29, 1.82) is 0 Å². The number of aryl methyl sites for hydroxylation is 1. The fourth-order valence-corrected chi connectivity index (χ4v) is 3.18. The highest BCUT2D eigenvalue weighted by Crippen LogP contribution is 2.34. The van der Waals surface area contributed by atoms with Crippen LogP contribution in [0.4, 0.5) is 11.8 Å². The maximum atomic E-state index is 12.4. The van der Waals surface area contributed by atoms with Gasteiger partial charge in [-0.1, -0.05) is 11.6 Å². The van der Waals surface area contributed by atoms with Gasteiger partial charge in [0, 0.05) is 10.3 Å². The van der Waals surface area contributed by atoms with Crippen molar-refractivity contribution in [2.75, 3.05) is 17.7 Å². The number of nitrogens with two attached hydrogens (primary N) is 1. The fraction of sp³-hybridized carbons (Fsp3) is 0.333. The van der Waals surface area contributed by atoms with E-state index in [-0.39, 0.29) is 30.0 Å². The van der Waals surface area contributed by atoms with Gasteiger partial charge in [0.15, 0.2) is 0 Å². The fourth-order valence-electron chi connectivity index (χ4n) is 2.94. The molecule has 0 spiro atoms. The Hall–Kier alpha value is -2.61. The molecule has 24 heavy (non-hydrogen) atoms. The smallest absolute Gasteiger partial charge is 0.260 e. The van der Waals surface area contributed by atoms with Crippen molar-refractivity contribution in [2.45, 2.75) is 26.8 Å². The van der Waals surface area contributed by atoms with Crippen molar-refractivity contribution < 1.29 is 19.5 Å². The van der Waals surface area contributed by atoms with E-state index in [1.807, 2.05) is 13.8 Å². The average molecular weight is 351 g/mol. The summed E-state index contributed by atoms with van der Waals surface area (Å²) in [5.41, 5.74) is 8.20. The van der Waals surface area contributed by atoms with E-state index in [4.69, 9.17) is 22.1 Å². The minimum absolute atomic E-state index is 0.00599. The number of halogens is 1. The summed E-state index contributed by atoms with van der Waals surface area (Å²) in [5, 5.41) is 10.4. The normalized spacial score (nSPS) is 13.3. The summed E-state index contributed by atoms with van der Waals surface area (Å²) >= 11 is 6.05. The summed E-state index contributed by atoms with van der Waals surface area (Å²) in [6, 6.07) is 0. The highest BCUT2D eigenvalue weighted by Gasteiger charge is 2.35. The van der Waals surface area contributed by atoms with Crippen molar-refractivity contribution in [3.05, 3.63) is 33.7 Å². The number of hydrogen-bond donors (Lipinski definition) is 2. The zero-order valence-electron chi connectivity index (χ0n) is 13.5. The van der Waals surface area contributed by atoms with Crippen LogP contribution in [0.15, 0.2) is 6.20 Å². The SMILES string of the molecule is COc1c(C)c[n+](O)c(CN2C(=O)Cc3c(Cl)nc(N)nc32)c1C. The highest BCUT2D eigenvalue weighted by molar-refractivity contribution is 6.31. The lowest BCUT2D eigenvalue weighted by molar-refractivity contribution is -0.910. The molecule has 1 amide bonds. The molecule has 2 aromatic heterocycles. The van der Waals surface area contributed by atoms with Gasteiger partial charge in [-0.15, -0.1) is 0 Å². The van der Waals surface area contributed by atoms with Gasteiger partial charge in [0.2, 0.25) is 18.1 Å². The summed E-state index contributed by atoms with van der Waals surface area (Å²) in [6.45, 7) is 3.75. The minimum atomic E-state index is -0.189. The second kappa shape index (κ2) is 5.79. The maximum absolute atomic E-state index is 12.4. The number of carbonyl (C=O) groups is 1. The van der Waals surface area contributed by atoms with Crippen LogP contribution >= 0.6 is 11.6 Å². The molecule has 0 saturated carbocycles. The third-order valence-corrected chi connectivity index (χ3v) is 4.39. The Morgan fingerprint density at radius 1 is 1.46 bits per heavy atom. The molecule has 3 rings (SSSR count). The van der Waals surface area contributed by atoms with Crippen LogP contribution in [-0.2, 0) is 17.8 Å². The van der Waals surface area contributed by atoms with Crippen LogP contribution < -0.4 is 20.1 Å². The number of aromatic nitrogens is 3. The number of carbonyl (C=O) groups excluding carboxylic acids is 1. The number of hydrogen-bond acceptors (Lipinski definition) is 6. The maximum Gasteiger partial charge on any atom is 0.260 e. The second-order valence-corrected chi connectivity index (χ2v) is 5.95. The molecular formula is C15H17ClN5O3+. The summed E-state index contributed by atoms with van der Waals surface area (Å²) in [5.74, 6) is 0.832. The molecule has 2 aromatic rings. The number of fused-ring (bicyclic) bond motifs is 1. The summed E-state index contributed by atoms with van der Waals surface area (Å²) < 4.78 is 6.37. The molecule has 0 unspecified atom stereocenters. The van der Waals surface area contributed by atoms with Gasteiger partial charge in [0.25, 0.3) is 5.69 Å². The van der Waals surface area contributed by atoms with Crippen LogP contribution in [-0.4, -0.2) is 28.2 Å². The molecule has 1 aliphatic heterocycles. The first-order valence-electron chi connectivity index (χ1n) is 7.23. The summed E-state index contributed by atoms with van der Waals surface area (Å²) in [4.78, 5) is 21.8. The predicted molar refractivity (Wildman–Crippen MR) is 86.2 cm³/mol. The van der Waals surface area contributed by atoms with Gasteiger partial charge in [-0.25, -0.2) is 4.98 Å². The number of nitrogen functional groups attached to an aromatic ring is 1. The quantitative estimate of drug-likeness (QED) is 0.485. The van der Waals surface area contributed by atoms with Gasteiger partial charge >= 0.3 is 0 Å². The molecule has 9 heteroatoms. The molecule has 1 aliphatic rings. The molecule has 0 aromatic carbocycles. The highest BCUT2D eigenvalue weighted by atomic mass is 35.5. The lowest BCUT2D eigenvalue weighted by atomic mass is 10.1. The Morgan fingerprint density at radius 3 is 2.83 bits per heavy atom. The molecule has 0 saturated heterocycles. The Kier molecular flexibility index (Phi) is 3.92. The Morgan fingerprint density at radius 2 is 2.17 bits per heavy atom. The lowest BCUT2D eigenvalue weighted by Gasteiger charge is -2.16. The van der Waals surface area contributed by atoms with Gasteiger partial charge in [0.1, 0.15) is 23.3 Å². The molecule has 0 radical (unpaired) electrons. The first-order valence-corrected chi connectivity index (χ1v) is 7.61. The Labute approximate surface area is 143 Å². The molecular weight excluding hydrogens is 334 g/mol. The standard InChI is InChI=1S/C15H17ClN5O3/c1-7-5-21(23)10(8(2)12(7)24-3)6-20-11(22)4-9-13(16)18-15(17)19-14(9)20/h5,23H,4,6H2,1-3H3,(H2,17,18,19)/q+1. The number of amides is 1. The van der Waals surface area contributed by atoms with Crippen LogP contribution in [0.5, 0.6) is 5.75 Å². The number of anilines is 2. The molecule has 3 N–H and O–H groups in total. The third-order valence-electron chi connectivity index (χ3n) is 4.07. The molecule has 3 heterocycles. The van der Waals surface area contributed by atoms with Crippen LogP contribution in [0.2, 0.25) is 5.15 Å². The predicted octanol–water partition coefficient (Wildman–Crippen LogP) is 0.952. The van der Waals surface area contributed by atoms with Crippen LogP contribution in [0.1, 0.15) is 22.4 Å². The summed E-state index contributed by atoms with van der Waals surface area (Å²) in [7, 11) is 1.56. The zero-order chi connectivity index (χ0) is 17.6. The monoisotopic (exact) mass is 350 g/mol. The van der Waals surface area contributed by atoms with E-state index >= 15 is 0 Å². The molecule has 0 bridgehead atoms. The van der Waals surface area contributed by atoms with E-state index in [2.05, 4.69) is 9.97 Å². The Balaban J connectivity index is 2.07. The van der Waals surface area contributed by atoms with Gasteiger partial charge in [0.05, 0.1) is 24.7 Å². The van der Waals surface area contributed by atoms with E-state index in [1.54, 1.807) is 7.11 Å². The topological polar surface area (TPSA) is 105 Å². The van der Waals surface area contributed by atoms with Crippen molar-refractivity contribution in [3.63, 3.8) is 0 Å². The Bertz CT molecular complexity index is 856. The van der Waals surface area contributed by atoms with Crippen LogP contribution in [0.25, 0.3) is 0 Å². The minimum Gasteiger partial charge on any atom is -0.496 e. The molecule has 8 nitrogen and oxygen atoms in total. The number of nitrogens with zero attached hydrogens (tertiary/aromatic N) is 4. The first-order chi connectivity index (χ1) is 11.3. The summed E-state index contributed by atoms with van der Waals surface area (Å²) in [6.07, 6.45) is 1.63. The number of pyridine rings is 1. The number of rotatable bonds is 3. The van der Waals surface area contributed by atoms with Crippen molar-refractivity contribution >= 4 is 29.3 Å². The van der Waals surface area contributed by atoms with E-state index < -0.39 is 0 Å². The molecule has 126 valence electrons. The van der Waals surface area contributed by atoms with E-state index in [0.29, 0.717) is 22.8 Å². The van der Waals surface area contributed by atoms with E-state index in [0.717, 1.165) is 15.9 Å². The second-order valence-electron chi connectivity index (χ2n) is 5.59. The molecule has 0 atom stereocenters. The average Bonchev–Trinajstić information content (AvgIpc) is 2.80. The van der Waals surface area contributed by atoms with Crippen LogP contribution in [0.3, 0.4) is 0 Å². The lowest BCUT2D eigenvalue weighted by Crippen LogP contribution is -2.41. The van der Waals surface area contributed by atoms with E-state index in [9.17, 15) is 10.0 Å². The van der Waals surface area contributed by atoms with Crippen molar-refractivity contribution in [1.82, 2.24) is 9.97 Å². The molecule has 0 aliphatic carbocycles.